The first-order chi connectivity index (χ1) is 13.9. The Morgan fingerprint density at radius 1 is 1.28 bits per heavy atom. The van der Waals surface area contributed by atoms with Gasteiger partial charge in [0.15, 0.2) is 11.5 Å². The van der Waals surface area contributed by atoms with Crippen molar-refractivity contribution in [1.29, 1.82) is 0 Å². The van der Waals surface area contributed by atoms with Crippen molar-refractivity contribution >= 4 is 17.8 Å². The summed E-state index contributed by atoms with van der Waals surface area (Å²) in [6.07, 6.45) is 4.33. The Hall–Kier alpha value is -3.32. The number of aliphatic hydroxyl groups excluding tert-OH is 1. The Bertz CT molecular complexity index is 927. The van der Waals surface area contributed by atoms with Crippen LogP contribution in [0, 0.1) is 0 Å². The maximum absolute atomic E-state index is 12.9. The third kappa shape index (κ3) is 4.41. The number of benzene rings is 1. The summed E-state index contributed by atoms with van der Waals surface area (Å²) in [5.74, 6) is -0.341. The molecular formula is C22H24N2O5. The van der Waals surface area contributed by atoms with Crippen molar-refractivity contribution < 1.29 is 23.8 Å². The molecule has 0 bridgehead atoms. The molecule has 1 aromatic heterocycles. The van der Waals surface area contributed by atoms with Crippen molar-refractivity contribution in [1.82, 2.24) is 9.80 Å². The molecule has 2 heterocycles. The van der Waals surface area contributed by atoms with E-state index in [-0.39, 0.29) is 5.57 Å². The monoisotopic (exact) mass is 396 g/mol. The molecule has 0 aliphatic carbocycles. The number of hydrogen-bond acceptors (Lipinski definition) is 6. The molecule has 3 rings (SSSR count). The summed E-state index contributed by atoms with van der Waals surface area (Å²) >= 11 is 0. The van der Waals surface area contributed by atoms with Crippen molar-refractivity contribution in [2.75, 3.05) is 34.3 Å². The predicted molar refractivity (Wildman–Crippen MR) is 108 cm³/mol. The number of ether oxygens (including phenoxy) is 1. The first kappa shape index (κ1) is 20.4. The predicted octanol–water partition coefficient (Wildman–Crippen LogP) is 2.83. The Balaban J connectivity index is 1.97. The normalized spacial score (nSPS) is 17.0. The zero-order chi connectivity index (χ0) is 21.0. The maximum Gasteiger partial charge on any atom is 0.290 e. The SMILES string of the molecule is COc1ccc(C2C(C(=O)/C=C/c3ccco3)=C(O)C(=O)N2CCN(C)C)cc1. The van der Waals surface area contributed by atoms with Gasteiger partial charge in [0.1, 0.15) is 11.5 Å². The van der Waals surface area contributed by atoms with Gasteiger partial charge < -0.3 is 24.1 Å². The second kappa shape index (κ2) is 8.79. The number of hydrogen-bond donors (Lipinski definition) is 1. The van der Waals surface area contributed by atoms with E-state index >= 15 is 0 Å². The van der Waals surface area contributed by atoms with E-state index in [2.05, 4.69) is 0 Å². The van der Waals surface area contributed by atoms with Crippen LogP contribution >= 0.6 is 0 Å². The molecule has 0 saturated heterocycles. The van der Waals surface area contributed by atoms with Gasteiger partial charge in [-0.3, -0.25) is 9.59 Å². The van der Waals surface area contributed by atoms with Gasteiger partial charge >= 0.3 is 0 Å². The van der Waals surface area contributed by atoms with Gasteiger partial charge in [0, 0.05) is 13.1 Å². The average molecular weight is 396 g/mol. The number of aliphatic hydroxyl groups is 1. The molecule has 1 aromatic carbocycles. The third-order valence-corrected chi connectivity index (χ3v) is 4.73. The molecular weight excluding hydrogens is 372 g/mol. The molecule has 1 unspecified atom stereocenters. The van der Waals surface area contributed by atoms with Crippen LogP contribution in [0.5, 0.6) is 5.75 Å². The summed E-state index contributed by atoms with van der Waals surface area (Å²) in [5.41, 5.74) is 0.776. The molecule has 152 valence electrons. The number of carbonyl (C=O) groups is 2. The van der Waals surface area contributed by atoms with Crippen LogP contribution in [0.15, 0.2) is 64.5 Å². The zero-order valence-corrected chi connectivity index (χ0v) is 16.7. The molecule has 1 aliphatic heterocycles. The Labute approximate surface area is 169 Å². The van der Waals surface area contributed by atoms with Crippen molar-refractivity contribution in [3.63, 3.8) is 0 Å². The molecule has 2 aromatic rings. The minimum absolute atomic E-state index is 0.0572. The molecule has 0 saturated carbocycles. The molecule has 7 nitrogen and oxygen atoms in total. The molecule has 7 heteroatoms. The molecule has 0 spiro atoms. The lowest BCUT2D eigenvalue weighted by atomic mass is 9.95. The standard InChI is InChI=1S/C22H24N2O5/c1-23(2)12-13-24-20(15-6-8-16(28-3)9-7-15)19(21(26)22(24)27)18(25)11-10-17-5-4-14-29-17/h4-11,14,20,26H,12-13H2,1-3H3/b11-10+. The van der Waals surface area contributed by atoms with Crippen LogP contribution in [-0.2, 0) is 9.59 Å². The number of furan rings is 1. The number of rotatable bonds is 8. The molecule has 0 radical (unpaired) electrons. The molecule has 1 aliphatic rings. The fourth-order valence-electron chi connectivity index (χ4n) is 3.21. The smallest absolute Gasteiger partial charge is 0.290 e. The first-order valence-electron chi connectivity index (χ1n) is 9.21. The van der Waals surface area contributed by atoms with Gasteiger partial charge in [0.25, 0.3) is 5.91 Å². The number of ketones is 1. The fourth-order valence-corrected chi connectivity index (χ4v) is 3.21. The Morgan fingerprint density at radius 3 is 2.59 bits per heavy atom. The van der Waals surface area contributed by atoms with E-state index in [4.69, 9.17) is 9.15 Å². The highest BCUT2D eigenvalue weighted by Gasteiger charge is 2.42. The van der Waals surface area contributed by atoms with E-state index < -0.39 is 23.5 Å². The highest BCUT2D eigenvalue weighted by atomic mass is 16.5. The van der Waals surface area contributed by atoms with Crippen LogP contribution in [0.1, 0.15) is 17.4 Å². The van der Waals surface area contributed by atoms with Gasteiger partial charge in [-0.15, -0.1) is 0 Å². The molecule has 29 heavy (non-hydrogen) atoms. The lowest BCUT2D eigenvalue weighted by molar-refractivity contribution is -0.129. The number of likely N-dealkylation sites (N-methyl/N-ethyl adjacent to an activating group) is 1. The highest BCUT2D eigenvalue weighted by Crippen LogP contribution is 2.38. The summed E-state index contributed by atoms with van der Waals surface area (Å²) in [6.45, 7) is 0.959. The summed E-state index contributed by atoms with van der Waals surface area (Å²) < 4.78 is 10.4. The molecule has 1 N–H and O–H groups in total. The van der Waals surface area contributed by atoms with E-state index in [1.807, 2.05) is 19.0 Å². The molecule has 0 fully saturated rings. The quantitative estimate of drug-likeness (QED) is 0.691. The number of carbonyl (C=O) groups excluding carboxylic acids is 2. The van der Waals surface area contributed by atoms with E-state index in [0.717, 1.165) is 5.56 Å². The number of methoxy groups -OCH3 is 1. The van der Waals surface area contributed by atoms with Gasteiger partial charge in [-0.1, -0.05) is 12.1 Å². The summed E-state index contributed by atoms with van der Waals surface area (Å²) in [7, 11) is 5.36. The Kier molecular flexibility index (Phi) is 6.19. The average Bonchev–Trinajstić information content (AvgIpc) is 3.32. The van der Waals surface area contributed by atoms with Crippen LogP contribution in [0.3, 0.4) is 0 Å². The van der Waals surface area contributed by atoms with Crippen LogP contribution in [-0.4, -0.2) is 60.9 Å². The number of allylic oxidation sites excluding steroid dienone is 1. The van der Waals surface area contributed by atoms with E-state index in [1.54, 1.807) is 43.5 Å². The second-order valence-electron chi connectivity index (χ2n) is 6.95. The molecule has 1 atom stereocenters. The minimum atomic E-state index is -0.679. The molecule has 1 amide bonds. The lowest BCUT2D eigenvalue weighted by Crippen LogP contribution is -2.36. The van der Waals surface area contributed by atoms with Crippen molar-refractivity contribution in [3.8, 4) is 5.75 Å². The van der Waals surface area contributed by atoms with Gasteiger partial charge in [-0.05, 0) is 56.1 Å². The minimum Gasteiger partial charge on any atom is -0.503 e. The Morgan fingerprint density at radius 2 is 2.00 bits per heavy atom. The van der Waals surface area contributed by atoms with Crippen molar-refractivity contribution in [2.45, 2.75) is 6.04 Å². The van der Waals surface area contributed by atoms with Crippen LogP contribution < -0.4 is 4.74 Å². The van der Waals surface area contributed by atoms with Gasteiger partial charge in [-0.25, -0.2) is 0 Å². The maximum atomic E-state index is 12.9. The summed E-state index contributed by atoms with van der Waals surface area (Å²) in [6, 6.07) is 9.86. The fraction of sp³-hybridized carbons (Fsp3) is 0.273. The van der Waals surface area contributed by atoms with E-state index in [1.165, 1.54) is 23.3 Å². The summed E-state index contributed by atoms with van der Waals surface area (Å²) in [4.78, 5) is 29.1. The lowest BCUT2D eigenvalue weighted by Gasteiger charge is -2.27. The van der Waals surface area contributed by atoms with E-state index in [0.29, 0.717) is 24.6 Å². The van der Waals surface area contributed by atoms with E-state index in [9.17, 15) is 14.7 Å². The third-order valence-electron chi connectivity index (χ3n) is 4.73. The first-order valence-corrected chi connectivity index (χ1v) is 9.21. The summed E-state index contributed by atoms with van der Waals surface area (Å²) in [5, 5.41) is 10.5. The number of amides is 1. The number of nitrogens with zero attached hydrogens (tertiary/aromatic N) is 2. The van der Waals surface area contributed by atoms with Crippen LogP contribution in [0.25, 0.3) is 6.08 Å². The topological polar surface area (TPSA) is 83.2 Å². The van der Waals surface area contributed by atoms with Gasteiger partial charge in [0.2, 0.25) is 0 Å². The zero-order valence-electron chi connectivity index (χ0n) is 16.7. The van der Waals surface area contributed by atoms with Gasteiger partial charge in [-0.2, -0.15) is 0 Å². The van der Waals surface area contributed by atoms with Crippen LogP contribution in [0.4, 0.5) is 0 Å². The van der Waals surface area contributed by atoms with Gasteiger partial charge in [0.05, 0.1) is 25.0 Å². The highest BCUT2D eigenvalue weighted by molar-refractivity contribution is 6.14. The second-order valence-corrected chi connectivity index (χ2v) is 6.95. The largest absolute Gasteiger partial charge is 0.503 e. The van der Waals surface area contributed by atoms with Crippen molar-refractivity contribution in [3.05, 3.63) is 71.4 Å². The van der Waals surface area contributed by atoms with Crippen molar-refractivity contribution in [2.24, 2.45) is 0 Å². The van der Waals surface area contributed by atoms with Crippen LogP contribution in [0.2, 0.25) is 0 Å².